The Morgan fingerprint density at radius 3 is 2.85 bits per heavy atom. The fourth-order valence-corrected chi connectivity index (χ4v) is 2.81. The second-order valence-corrected chi connectivity index (χ2v) is 5.62. The molecule has 1 heterocycles. The smallest absolute Gasteiger partial charge is 0.350 e. The molecule has 1 aromatic carbocycles. The van der Waals surface area contributed by atoms with Crippen LogP contribution in [0.4, 0.5) is 0 Å². The summed E-state index contributed by atoms with van der Waals surface area (Å²) in [5, 5.41) is 1.34. The van der Waals surface area contributed by atoms with E-state index in [0.717, 1.165) is 5.01 Å². The van der Waals surface area contributed by atoms with Gasteiger partial charge in [-0.05, 0) is 32.0 Å². The van der Waals surface area contributed by atoms with Gasteiger partial charge in [0.2, 0.25) is 0 Å². The molecule has 2 aromatic rings. The van der Waals surface area contributed by atoms with Gasteiger partial charge < -0.3 is 9.47 Å². The highest BCUT2D eigenvalue weighted by Crippen LogP contribution is 2.36. The molecule has 0 saturated heterocycles. The summed E-state index contributed by atoms with van der Waals surface area (Å²) in [7, 11) is 1.57. The molecule has 0 N–H and O–H groups in total. The summed E-state index contributed by atoms with van der Waals surface area (Å²) in [6, 6.07) is 5.21. The molecule has 4 nitrogen and oxygen atoms in total. The van der Waals surface area contributed by atoms with Crippen LogP contribution in [0.1, 0.15) is 21.6 Å². The Hall–Kier alpha value is -1.59. The molecule has 0 unspecified atom stereocenters. The van der Waals surface area contributed by atoms with Crippen LogP contribution in [0.3, 0.4) is 0 Å². The first-order chi connectivity index (χ1) is 9.56. The SMILES string of the molecule is CCOC(=O)c1sc(C)nc1-c1cc(Cl)ccc1OC. The molecule has 0 radical (unpaired) electrons. The molecule has 0 amide bonds. The molecular formula is C14H14ClNO3S. The van der Waals surface area contributed by atoms with Gasteiger partial charge in [-0.3, -0.25) is 0 Å². The minimum atomic E-state index is -0.380. The number of aryl methyl sites for hydroxylation is 1. The van der Waals surface area contributed by atoms with Crippen molar-refractivity contribution in [2.75, 3.05) is 13.7 Å². The normalized spacial score (nSPS) is 10.4. The van der Waals surface area contributed by atoms with Crippen LogP contribution in [0.25, 0.3) is 11.3 Å². The van der Waals surface area contributed by atoms with Gasteiger partial charge in [-0.1, -0.05) is 11.6 Å². The zero-order valence-corrected chi connectivity index (χ0v) is 13.0. The van der Waals surface area contributed by atoms with Crippen molar-refractivity contribution in [1.29, 1.82) is 0 Å². The Labute approximate surface area is 126 Å². The van der Waals surface area contributed by atoms with Gasteiger partial charge in [0.25, 0.3) is 0 Å². The first kappa shape index (κ1) is 14.8. The van der Waals surface area contributed by atoms with E-state index in [1.807, 2.05) is 6.92 Å². The maximum atomic E-state index is 12.0. The highest BCUT2D eigenvalue weighted by atomic mass is 35.5. The van der Waals surface area contributed by atoms with Crippen LogP contribution in [0.5, 0.6) is 5.75 Å². The van der Waals surface area contributed by atoms with Gasteiger partial charge in [0.05, 0.1) is 24.4 Å². The summed E-state index contributed by atoms with van der Waals surface area (Å²) in [6.45, 7) is 3.93. The Bertz CT molecular complexity index is 639. The topological polar surface area (TPSA) is 48.4 Å². The van der Waals surface area contributed by atoms with Gasteiger partial charge in [-0.25, -0.2) is 9.78 Å². The zero-order chi connectivity index (χ0) is 14.7. The molecule has 0 atom stereocenters. The Morgan fingerprint density at radius 1 is 1.45 bits per heavy atom. The number of hydrogen-bond donors (Lipinski definition) is 0. The van der Waals surface area contributed by atoms with Crippen molar-refractivity contribution in [3.8, 4) is 17.0 Å². The van der Waals surface area contributed by atoms with Crippen molar-refractivity contribution in [3.05, 3.63) is 33.1 Å². The number of carbonyl (C=O) groups is 1. The van der Waals surface area contributed by atoms with Crippen LogP contribution in [0.15, 0.2) is 18.2 Å². The van der Waals surface area contributed by atoms with Crippen LogP contribution in [-0.4, -0.2) is 24.7 Å². The number of benzene rings is 1. The van der Waals surface area contributed by atoms with Gasteiger partial charge in [-0.2, -0.15) is 0 Å². The lowest BCUT2D eigenvalue weighted by Gasteiger charge is -2.08. The van der Waals surface area contributed by atoms with E-state index in [4.69, 9.17) is 21.1 Å². The van der Waals surface area contributed by atoms with Crippen LogP contribution in [-0.2, 0) is 4.74 Å². The fourth-order valence-electron chi connectivity index (χ4n) is 1.81. The number of halogens is 1. The number of aromatic nitrogens is 1. The van der Waals surface area contributed by atoms with E-state index in [-0.39, 0.29) is 5.97 Å². The number of thiazole rings is 1. The van der Waals surface area contributed by atoms with Gasteiger partial charge >= 0.3 is 5.97 Å². The number of rotatable bonds is 4. The lowest BCUT2D eigenvalue weighted by Crippen LogP contribution is -2.04. The van der Waals surface area contributed by atoms with E-state index in [1.165, 1.54) is 11.3 Å². The maximum absolute atomic E-state index is 12.0. The number of nitrogens with zero attached hydrogens (tertiary/aromatic N) is 1. The number of ether oxygens (including phenoxy) is 2. The number of esters is 1. The van der Waals surface area contributed by atoms with Crippen LogP contribution < -0.4 is 4.74 Å². The predicted molar refractivity (Wildman–Crippen MR) is 79.8 cm³/mol. The zero-order valence-electron chi connectivity index (χ0n) is 11.4. The largest absolute Gasteiger partial charge is 0.496 e. The molecule has 20 heavy (non-hydrogen) atoms. The summed E-state index contributed by atoms with van der Waals surface area (Å²) >= 11 is 7.33. The molecule has 0 fully saturated rings. The van der Waals surface area contributed by atoms with Gasteiger partial charge in [0, 0.05) is 10.6 Å². The first-order valence-electron chi connectivity index (χ1n) is 6.05. The van der Waals surface area contributed by atoms with E-state index in [1.54, 1.807) is 32.2 Å². The van der Waals surface area contributed by atoms with Crippen LogP contribution in [0.2, 0.25) is 5.02 Å². The molecule has 0 aliphatic heterocycles. The number of carbonyl (C=O) groups excluding carboxylic acids is 1. The first-order valence-corrected chi connectivity index (χ1v) is 7.24. The van der Waals surface area contributed by atoms with Crippen LogP contribution in [0, 0.1) is 6.92 Å². The van der Waals surface area contributed by atoms with E-state index in [2.05, 4.69) is 4.98 Å². The monoisotopic (exact) mass is 311 g/mol. The molecule has 1 aromatic heterocycles. The van der Waals surface area contributed by atoms with Crippen molar-refractivity contribution in [3.63, 3.8) is 0 Å². The van der Waals surface area contributed by atoms with E-state index in [9.17, 15) is 4.79 Å². The highest BCUT2D eigenvalue weighted by molar-refractivity contribution is 7.14. The molecule has 0 saturated carbocycles. The van der Waals surface area contributed by atoms with Crippen molar-refractivity contribution < 1.29 is 14.3 Å². The quantitative estimate of drug-likeness (QED) is 0.802. The second kappa shape index (κ2) is 6.24. The Kier molecular flexibility index (Phi) is 4.62. The molecular weight excluding hydrogens is 298 g/mol. The van der Waals surface area contributed by atoms with Gasteiger partial charge in [-0.15, -0.1) is 11.3 Å². The fraction of sp³-hybridized carbons (Fsp3) is 0.286. The molecule has 0 aliphatic carbocycles. The summed E-state index contributed by atoms with van der Waals surface area (Å²) in [4.78, 5) is 16.9. The lowest BCUT2D eigenvalue weighted by molar-refractivity contribution is 0.0532. The third-order valence-corrected chi connectivity index (χ3v) is 3.80. The Morgan fingerprint density at radius 2 is 2.20 bits per heavy atom. The summed E-state index contributed by atoms with van der Waals surface area (Å²) in [5.74, 6) is 0.236. The van der Waals surface area contributed by atoms with Crippen molar-refractivity contribution in [2.24, 2.45) is 0 Å². The summed E-state index contributed by atoms with van der Waals surface area (Å²) in [5.41, 5.74) is 1.23. The minimum absolute atomic E-state index is 0.321. The van der Waals surface area contributed by atoms with E-state index < -0.39 is 0 Å². The minimum Gasteiger partial charge on any atom is -0.496 e. The molecule has 6 heteroatoms. The van der Waals surface area contributed by atoms with Crippen molar-refractivity contribution >= 4 is 28.9 Å². The van der Waals surface area contributed by atoms with Crippen molar-refractivity contribution in [2.45, 2.75) is 13.8 Å². The van der Waals surface area contributed by atoms with Gasteiger partial charge in [0.15, 0.2) is 0 Å². The lowest BCUT2D eigenvalue weighted by atomic mass is 10.1. The van der Waals surface area contributed by atoms with E-state index >= 15 is 0 Å². The third kappa shape index (κ3) is 2.94. The van der Waals surface area contributed by atoms with Crippen LogP contribution >= 0.6 is 22.9 Å². The van der Waals surface area contributed by atoms with E-state index in [0.29, 0.717) is 33.5 Å². The summed E-state index contributed by atoms with van der Waals surface area (Å²) in [6.07, 6.45) is 0. The second-order valence-electron chi connectivity index (χ2n) is 3.98. The molecule has 0 spiro atoms. The molecule has 0 bridgehead atoms. The maximum Gasteiger partial charge on any atom is 0.350 e. The molecule has 2 rings (SSSR count). The average Bonchev–Trinajstić information content (AvgIpc) is 2.81. The standard InChI is InChI=1S/C14H14ClNO3S/c1-4-19-14(17)13-12(16-8(2)20-13)10-7-9(15)5-6-11(10)18-3/h5-7H,4H2,1-3H3. The molecule has 106 valence electrons. The number of methoxy groups -OCH3 is 1. The predicted octanol–water partition coefficient (Wildman–Crippen LogP) is 3.96. The summed E-state index contributed by atoms with van der Waals surface area (Å²) < 4.78 is 10.4. The number of hydrogen-bond acceptors (Lipinski definition) is 5. The van der Waals surface area contributed by atoms with Gasteiger partial charge in [0.1, 0.15) is 10.6 Å². The van der Waals surface area contributed by atoms with Crippen molar-refractivity contribution in [1.82, 2.24) is 4.98 Å². The Balaban J connectivity index is 2.58. The third-order valence-electron chi connectivity index (χ3n) is 2.61. The average molecular weight is 312 g/mol. The molecule has 0 aliphatic rings. The highest BCUT2D eigenvalue weighted by Gasteiger charge is 2.22.